The third-order valence-corrected chi connectivity index (χ3v) is 7.27. The molecule has 0 bridgehead atoms. The van der Waals surface area contributed by atoms with Gasteiger partial charge in [-0.25, -0.2) is 15.0 Å². The van der Waals surface area contributed by atoms with Crippen LogP contribution < -0.4 is 5.73 Å². The fourth-order valence-corrected chi connectivity index (χ4v) is 5.96. The second kappa shape index (κ2) is 6.98. The van der Waals surface area contributed by atoms with Gasteiger partial charge in [0, 0.05) is 5.92 Å². The fraction of sp³-hybridized carbons (Fsp3) is 0.688. The van der Waals surface area contributed by atoms with Crippen LogP contribution in [0.25, 0.3) is 11.2 Å². The highest BCUT2D eigenvalue weighted by molar-refractivity contribution is 6.58. The van der Waals surface area contributed by atoms with Gasteiger partial charge in [-0.2, -0.15) is 0 Å². The number of unbranched alkanes of at least 4 members (excludes halogenated alkanes) is 1. The van der Waals surface area contributed by atoms with Crippen LogP contribution in [-0.2, 0) is 10.1 Å². The summed E-state index contributed by atoms with van der Waals surface area (Å²) in [5.74, 6) is 0.185. The van der Waals surface area contributed by atoms with Crippen LogP contribution in [0.4, 0.5) is 5.82 Å². The molecule has 9 heteroatoms. The smallest absolute Gasteiger partial charge is 0.167 e. The highest BCUT2D eigenvalue weighted by atomic mass is 28.3. The largest absolute Gasteiger partial charge is 0.394 e. The average Bonchev–Trinajstić information content (AvgIpc) is 3.14. The Morgan fingerprint density at radius 3 is 2.76 bits per heavy atom. The summed E-state index contributed by atoms with van der Waals surface area (Å²) in [6.45, 7) is 6.20. The Labute approximate surface area is 148 Å². The van der Waals surface area contributed by atoms with Gasteiger partial charge >= 0.3 is 0 Å². The molecule has 0 amide bonds. The molecule has 0 spiro atoms. The van der Waals surface area contributed by atoms with Crippen molar-refractivity contribution in [2.75, 3.05) is 12.3 Å². The standard InChI is InChI=1S/C16H26N5O3Si/c1-4-5-6-10-13(23)11(7-22)24-16(10,25(2)3)21-9-20-12-14(17)18-8-19-15(12)21/h8-11,13,22-23H,4-7H2,1-3H3,(H2,17,18,19)/t10-,11-,13+,16+/m1/s1. The number of nitrogens with two attached hydrogens (primary N) is 1. The van der Waals surface area contributed by atoms with Gasteiger partial charge in [0.25, 0.3) is 0 Å². The number of imidazole rings is 1. The minimum absolute atomic E-state index is 0.137. The van der Waals surface area contributed by atoms with E-state index in [1.165, 1.54) is 6.33 Å². The number of anilines is 1. The van der Waals surface area contributed by atoms with E-state index in [-0.39, 0.29) is 12.5 Å². The van der Waals surface area contributed by atoms with E-state index in [1.807, 2.05) is 4.57 Å². The Morgan fingerprint density at radius 2 is 2.12 bits per heavy atom. The lowest BCUT2D eigenvalue weighted by atomic mass is 9.93. The lowest BCUT2D eigenvalue weighted by Crippen LogP contribution is -2.51. The lowest BCUT2D eigenvalue weighted by molar-refractivity contribution is -0.0767. The molecule has 3 rings (SSSR count). The highest BCUT2D eigenvalue weighted by Crippen LogP contribution is 2.46. The molecular weight excluding hydrogens is 338 g/mol. The van der Waals surface area contributed by atoms with Gasteiger partial charge in [0.15, 0.2) is 11.5 Å². The average molecular weight is 365 g/mol. The second-order valence-corrected chi connectivity index (χ2v) is 9.54. The number of ether oxygens (including phenoxy) is 1. The molecule has 1 aliphatic rings. The molecule has 0 saturated carbocycles. The molecule has 1 saturated heterocycles. The molecule has 1 aliphatic heterocycles. The zero-order valence-electron chi connectivity index (χ0n) is 14.9. The van der Waals surface area contributed by atoms with Gasteiger partial charge in [0.05, 0.1) is 19.0 Å². The van der Waals surface area contributed by atoms with Crippen molar-refractivity contribution in [3.8, 4) is 0 Å². The summed E-state index contributed by atoms with van der Waals surface area (Å²) in [7, 11) is -1.12. The van der Waals surface area contributed by atoms with Crippen LogP contribution in [-0.4, -0.2) is 57.3 Å². The maximum atomic E-state index is 10.8. The minimum Gasteiger partial charge on any atom is -0.394 e. The number of aliphatic hydroxyl groups excluding tert-OH is 2. The second-order valence-electron chi connectivity index (χ2n) is 6.82. The first-order valence-electron chi connectivity index (χ1n) is 8.68. The molecule has 8 nitrogen and oxygen atoms in total. The molecule has 2 aromatic rings. The van der Waals surface area contributed by atoms with Gasteiger partial charge < -0.3 is 20.7 Å². The molecule has 1 fully saturated rings. The van der Waals surface area contributed by atoms with Crippen molar-refractivity contribution in [3.63, 3.8) is 0 Å². The Kier molecular flexibility index (Phi) is 5.10. The van der Waals surface area contributed by atoms with E-state index in [0.717, 1.165) is 19.3 Å². The Hall–Kier alpha value is -1.55. The molecule has 0 unspecified atom stereocenters. The van der Waals surface area contributed by atoms with Gasteiger partial charge in [-0.1, -0.05) is 32.9 Å². The van der Waals surface area contributed by atoms with Crippen molar-refractivity contribution in [2.24, 2.45) is 5.92 Å². The van der Waals surface area contributed by atoms with Crippen LogP contribution in [0.1, 0.15) is 26.2 Å². The van der Waals surface area contributed by atoms with Gasteiger partial charge in [-0.15, -0.1) is 0 Å². The first-order chi connectivity index (χ1) is 12.0. The molecule has 1 radical (unpaired) electrons. The van der Waals surface area contributed by atoms with Crippen LogP contribution >= 0.6 is 0 Å². The maximum absolute atomic E-state index is 10.8. The SMILES string of the molecule is CCCC[C@@H]1[C@H](O)[C@@H](CO)O[C@]1(n1cnc2c(N)ncnc21)[Si](C)C. The Bertz CT molecular complexity index is 740. The molecule has 25 heavy (non-hydrogen) atoms. The number of fused-ring (bicyclic) bond motifs is 1. The van der Waals surface area contributed by atoms with Gasteiger partial charge in [0.2, 0.25) is 0 Å². The molecule has 3 heterocycles. The number of nitrogens with zero attached hydrogens (tertiary/aromatic N) is 4. The van der Waals surface area contributed by atoms with E-state index in [9.17, 15) is 10.2 Å². The third-order valence-electron chi connectivity index (χ3n) is 5.11. The monoisotopic (exact) mass is 364 g/mol. The topological polar surface area (TPSA) is 119 Å². The summed E-state index contributed by atoms with van der Waals surface area (Å²) in [5, 5.41) is 19.8. The van der Waals surface area contributed by atoms with Gasteiger partial charge in [-0.05, 0) is 6.42 Å². The summed E-state index contributed by atoms with van der Waals surface area (Å²) >= 11 is 0. The van der Waals surface area contributed by atoms with E-state index in [2.05, 4.69) is 35.0 Å². The number of aliphatic hydroxyl groups is 2. The maximum Gasteiger partial charge on any atom is 0.167 e. The highest BCUT2D eigenvalue weighted by Gasteiger charge is 2.57. The summed E-state index contributed by atoms with van der Waals surface area (Å²) in [5.41, 5.74) is 7.07. The normalized spacial score (nSPS) is 29.8. The zero-order chi connectivity index (χ0) is 18.2. The van der Waals surface area contributed by atoms with Gasteiger partial charge in [-0.3, -0.25) is 4.57 Å². The van der Waals surface area contributed by atoms with E-state index in [4.69, 9.17) is 10.5 Å². The molecule has 0 aliphatic carbocycles. The summed E-state index contributed by atoms with van der Waals surface area (Å²) in [4.78, 5) is 12.8. The summed E-state index contributed by atoms with van der Waals surface area (Å²) < 4.78 is 8.25. The number of hydrogen-bond acceptors (Lipinski definition) is 7. The first-order valence-corrected chi connectivity index (χ1v) is 11.2. The predicted octanol–water partition coefficient (Wildman–Crippen LogP) is 0.913. The zero-order valence-corrected chi connectivity index (χ0v) is 15.9. The van der Waals surface area contributed by atoms with Crippen molar-refractivity contribution >= 4 is 25.8 Å². The summed E-state index contributed by atoms with van der Waals surface area (Å²) in [6, 6.07) is 0. The summed E-state index contributed by atoms with van der Waals surface area (Å²) in [6.07, 6.45) is 4.56. The van der Waals surface area contributed by atoms with Crippen LogP contribution in [0.2, 0.25) is 13.1 Å². The van der Waals surface area contributed by atoms with E-state index in [0.29, 0.717) is 17.0 Å². The van der Waals surface area contributed by atoms with Crippen molar-refractivity contribution in [3.05, 3.63) is 12.7 Å². The van der Waals surface area contributed by atoms with Crippen LogP contribution in [0.5, 0.6) is 0 Å². The quantitative estimate of drug-likeness (QED) is 0.652. The predicted molar refractivity (Wildman–Crippen MR) is 96.2 cm³/mol. The minimum atomic E-state index is -1.12. The molecule has 4 atom stereocenters. The fourth-order valence-electron chi connectivity index (χ4n) is 3.88. The molecular formula is C16H26N5O3Si. The molecule has 4 N–H and O–H groups in total. The van der Waals surface area contributed by atoms with Crippen molar-refractivity contribution in [1.29, 1.82) is 0 Å². The van der Waals surface area contributed by atoms with E-state index >= 15 is 0 Å². The number of nitrogen functional groups attached to an aromatic ring is 1. The Morgan fingerprint density at radius 1 is 1.36 bits per heavy atom. The van der Waals surface area contributed by atoms with E-state index < -0.39 is 26.4 Å². The number of aromatic nitrogens is 4. The first kappa shape index (κ1) is 18.2. The van der Waals surface area contributed by atoms with Crippen LogP contribution in [0, 0.1) is 5.92 Å². The lowest BCUT2D eigenvalue weighted by Gasteiger charge is -2.39. The van der Waals surface area contributed by atoms with Crippen molar-refractivity contribution < 1.29 is 14.9 Å². The Balaban J connectivity index is 2.18. The van der Waals surface area contributed by atoms with Crippen molar-refractivity contribution in [1.82, 2.24) is 19.5 Å². The van der Waals surface area contributed by atoms with Crippen LogP contribution in [0.3, 0.4) is 0 Å². The molecule has 137 valence electrons. The number of rotatable bonds is 6. The van der Waals surface area contributed by atoms with Gasteiger partial charge in [0.1, 0.15) is 32.1 Å². The van der Waals surface area contributed by atoms with Crippen molar-refractivity contribution in [2.45, 2.75) is 56.8 Å². The van der Waals surface area contributed by atoms with Crippen LogP contribution in [0.15, 0.2) is 12.7 Å². The molecule has 0 aromatic carbocycles. The molecule has 2 aromatic heterocycles. The third kappa shape index (κ3) is 2.75. The van der Waals surface area contributed by atoms with E-state index in [1.54, 1.807) is 6.33 Å². The number of hydrogen-bond donors (Lipinski definition) is 3.